The number of hydrogen-bond donors (Lipinski definition) is 2. The van der Waals surface area contributed by atoms with Crippen LogP contribution in [0.15, 0.2) is 175 Å². The number of H-pyrrole nitrogens is 2. The Balaban J connectivity index is 0.811. The SMILES string of the molecule is C#Cc1cccc(C2=Nc3ccc(S(=O)(=O)c4ccc5nc(-c6cccc(C7=Nc8ccc(S(=O)(=O)c9ccc%10nc(-c%11cccc(C#C)c%11)[nH]c%10c9)cc8C7)c6)[nH]c5c4)cc3C2)c1. The number of terminal acetylenes is 2. The molecule has 9 aromatic rings. The Morgan fingerprint density at radius 1 is 0.453 bits per heavy atom. The summed E-state index contributed by atoms with van der Waals surface area (Å²) in [6, 6.07) is 42.6. The molecule has 0 unspecified atom stereocenters. The third-order valence-corrected chi connectivity index (χ3v) is 15.1. The number of benzene rings is 7. The molecule has 2 aliphatic heterocycles. The lowest BCUT2D eigenvalue weighted by molar-refractivity contribution is 0.594. The first-order chi connectivity index (χ1) is 31.0. The van der Waals surface area contributed by atoms with Crippen molar-refractivity contribution in [2.45, 2.75) is 32.4 Å². The minimum Gasteiger partial charge on any atom is -0.338 e. The summed E-state index contributed by atoms with van der Waals surface area (Å²) in [5.41, 5.74) is 11.9. The summed E-state index contributed by atoms with van der Waals surface area (Å²) in [6.07, 6.45) is 12.1. The van der Waals surface area contributed by atoms with Crippen LogP contribution in [0.25, 0.3) is 44.8 Å². The zero-order valence-corrected chi connectivity index (χ0v) is 35.3. The van der Waals surface area contributed by atoms with Gasteiger partial charge in [0, 0.05) is 35.1 Å². The van der Waals surface area contributed by atoms with Crippen LogP contribution in [0.2, 0.25) is 0 Å². The zero-order chi connectivity index (χ0) is 43.7. The summed E-state index contributed by atoms with van der Waals surface area (Å²) in [6.45, 7) is 0. The van der Waals surface area contributed by atoms with E-state index in [0.29, 0.717) is 52.2 Å². The van der Waals surface area contributed by atoms with Gasteiger partial charge in [-0.15, -0.1) is 12.8 Å². The number of nitrogens with zero attached hydrogens (tertiary/aromatic N) is 4. The molecular weight excluding hydrogens is 837 g/mol. The second-order valence-corrected chi connectivity index (χ2v) is 19.5. The van der Waals surface area contributed by atoms with Crippen molar-refractivity contribution in [2.24, 2.45) is 9.98 Å². The van der Waals surface area contributed by atoms with Crippen molar-refractivity contribution in [3.63, 3.8) is 0 Å². The number of aliphatic imine (C=N–C) groups is 2. The van der Waals surface area contributed by atoms with Gasteiger partial charge in [0.25, 0.3) is 0 Å². The minimum absolute atomic E-state index is 0.142. The van der Waals surface area contributed by atoms with Crippen molar-refractivity contribution < 1.29 is 16.8 Å². The molecule has 2 aromatic heterocycles. The number of imidazole rings is 2. The minimum atomic E-state index is -3.89. The van der Waals surface area contributed by atoms with E-state index in [1.807, 2.05) is 72.8 Å². The molecule has 0 spiro atoms. The molecule has 11 rings (SSSR count). The van der Waals surface area contributed by atoms with Gasteiger partial charge in [-0.2, -0.15) is 0 Å². The monoisotopic (exact) mass is 868 g/mol. The molecule has 0 saturated heterocycles. The van der Waals surface area contributed by atoms with Crippen molar-refractivity contribution >= 4 is 64.5 Å². The van der Waals surface area contributed by atoms with E-state index in [-0.39, 0.29) is 19.6 Å². The number of fused-ring (bicyclic) bond motifs is 4. The molecule has 64 heavy (non-hydrogen) atoms. The Hall–Kier alpha value is -8.16. The standard InChI is InChI=1S/C52H32N6O4S2/c1-3-31-8-5-10-33(22-31)47-27-37-25-39(14-18-43(37)53-47)63(59,60)42-17-21-46-50(30-42)58-52(56-46)36-13-7-11-34(24-36)48-28-38-26-40(15-19-44(38)54-48)64(61,62)41-16-20-45-49(29-41)57-51(55-45)35-12-6-9-32(4-2)23-35/h1-2,5-26,29-30H,27-28H2,(H,55,57)(H,56,58). The highest BCUT2D eigenvalue weighted by Crippen LogP contribution is 2.36. The maximum atomic E-state index is 14.0. The zero-order valence-electron chi connectivity index (χ0n) is 33.7. The largest absolute Gasteiger partial charge is 0.338 e. The molecule has 306 valence electrons. The van der Waals surface area contributed by atoms with Gasteiger partial charge in [-0.05, 0) is 125 Å². The molecule has 0 aliphatic carbocycles. The van der Waals surface area contributed by atoms with Crippen LogP contribution in [0.5, 0.6) is 0 Å². The van der Waals surface area contributed by atoms with Crippen LogP contribution in [0, 0.1) is 24.7 Å². The molecule has 7 aromatic carbocycles. The van der Waals surface area contributed by atoms with E-state index < -0.39 is 19.7 Å². The molecule has 0 bridgehead atoms. The number of nitrogens with one attached hydrogen (secondary N) is 2. The number of aromatic nitrogens is 4. The molecule has 2 aliphatic rings. The quantitative estimate of drug-likeness (QED) is 0.145. The molecule has 4 heterocycles. The van der Waals surface area contributed by atoms with Gasteiger partial charge in [0.15, 0.2) is 0 Å². The van der Waals surface area contributed by atoms with E-state index in [2.05, 4.69) is 26.8 Å². The van der Waals surface area contributed by atoms with Crippen LogP contribution in [0.1, 0.15) is 33.4 Å². The summed E-state index contributed by atoms with van der Waals surface area (Å²) in [5.74, 6) is 6.44. The first kappa shape index (κ1) is 38.7. The Morgan fingerprint density at radius 2 is 0.859 bits per heavy atom. The van der Waals surface area contributed by atoms with Crippen molar-refractivity contribution in [2.75, 3.05) is 0 Å². The Labute approximate surface area is 368 Å². The highest BCUT2D eigenvalue weighted by Gasteiger charge is 2.26. The van der Waals surface area contributed by atoms with E-state index in [4.69, 9.17) is 27.8 Å². The normalized spacial score (nSPS) is 13.3. The predicted molar refractivity (Wildman–Crippen MR) is 249 cm³/mol. The molecule has 0 amide bonds. The number of hydrogen-bond acceptors (Lipinski definition) is 8. The molecule has 0 saturated carbocycles. The van der Waals surface area contributed by atoms with Crippen LogP contribution in [-0.4, -0.2) is 48.2 Å². The van der Waals surface area contributed by atoms with Gasteiger partial charge in [-0.3, -0.25) is 9.98 Å². The Morgan fingerprint density at radius 3 is 1.36 bits per heavy atom. The number of sulfone groups is 2. The summed E-state index contributed by atoms with van der Waals surface area (Å²) < 4.78 is 55.9. The third-order valence-electron chi connectivity index (χ3n) is 11.6. The maximum absolute atomic E-state index is 14.0. The van der Waals surface area contributed by atoms with Crippen LogP contribution >= 0.6 is 0 Å². The summed E-state index contributed by atoms with van der Waals surface area (Å²) in [5, 5.41) is 0. The van der Waals surface area contributed by atoms with Crippen LogP contribution in [-0.2, 0) is 32.5 Å². The van der Waals surface area contributed by atoms with Crippen molar-refractivity contribution in [3.8, 4) is 47.5 Å². The summed E-state index contributed by atoms with van der Waals surface area (Å²) in [4.78, 5) is 26.3. The first-order valence-corrected chi connectivity index (χ1v) is 23.1. The molecular formula is C52H32N6O4S2. The fourth-order valence-corrected chi connectivity index (χ4v) is 10.9. The van der Waals surface area contributed by atoms with Gasteiger partial charge in [-0.1, -0.05) is 54.3 Å². The molecule has 0 atom stereocenters. The van der Waals surface area contributed by atoms with Crippen LogP contribution in [0.4, 0.5) is 11.4 Å². The van der Waals surface area contributed by atoms with Gasteiger partial charge >= 0.3 is 0 Å². The average Bonchev–Trinajstić information content (AvgIpc) is 4.15. The smallest absolute Gasteiger partial charge is 0.206 e. The highest BCUT2D eigenvalue weighted by atomic mass is 32.2. The number of aromatic amines is 2. The fraction of sp³-hybridized carbons (Fsp3) is 0.0385. The fourth-order valence-electron chi connectivity index (χ4n) is 8.27. The topological polar surface area (TPSA) is 150 Å². The third kappa shape index (κ3) is 6.70. The summed E-state index contributed by atoms with van der Waals surface area (Å²) >= 11 is 0. The van der Waals surface area contributed by atoms with Crippen LogP contribution < -0.4 is 0 Å². The van der Waals surface area contributed by atoms with Gasteiger partial charge in [0.2, 0.25) is 19.7 Å². The summed E-state index contributed by atoms with van der Waals surface area (Å²) in [7, 11) is -7.77. The maximum Gasteiger partial charge on any atom is 0.206 e. The van der Waals surface area contributed by atoms with E-state index >= 15 is 0 Å². The molecule has 10 nitrogen and oxygen atoms in total. The average molecular weight is 869 g/mol. The second kappa shape index (κ2) is 14.7. The Bertz CT molecular complexity index is 3860. The lowest BCUT2D eigenvalue weighted by Gasteiger charge is -2.07. The highest BCUT2D eigenvalue weighted by molar-refractivity contribution is 7.91. The van der Waals surface area contributed by atoms with E-state index in [1.54, 1.807) is 72.8 Å². The van der Waals surface area contributed by atoms with E-state index in [9.17, 15) is 16.8 Å². The van der Waals surface area contributed by atoms with Gasteiger partial charge in [-0.25, -0.2) is 26.8 Å². The first-order valence-electron chi connectivity index (χ1n) is 20.2. The molecule has 12 heteroatoms. The number of rotatable bonds is 8. The Kier molecular flexibility index (Phi) is 8.92. The van der Waals surface area contributed by atoms with Gasteiger partial charge in [0.05, 0.1) is 64.4 Å². The van der Waals surface area contributed by atoms with Crippen molar-refractivity contribution in [1.29, 1.82) is 0 Å². The van der Waals surface area contributed by atoms with E-state index in [0.717, 1.165) is 61.6 Å². The molecule has 2 N–H and O–H groups in total. The molecule has 0 fully saturated rings. The van der Waals surface area contributed by atoms with Crippen LogP contribution in [0.3, 0.4) is 0 Å². The van der Waals surface area contributed by atoms with Crippen molar-refractivity contribution in [3.05, 3.63) is 179 Å². The predicted octanol–water partition coefficient (Wildman–Crippen LogP) is 9.76. The van der Waals surface area contributed by atoms with Gasteiger partial charge < -0.3 is 9.97 Å². The lowest BCUT2D eigenvalue weighted by atomic mass is 10.0. The molecule has 0 radical (unpaired) electrons. The second-order valence-electron chi connectivity index (χ2n) is 15.6. The van der Waals surface area contributed by atoms with E-state index in [1.165, 1.54) is 0 Å². The van der Waals surface area contributed by atoms with Gasteiger partial charge in [0.1, 0.15) is 11.6 Å². The van der Waals surface area contributed by atoms with Crippen molar-refractivity contribution in [1.82, 2.24) is 19.9 Å². The lowest BCUT2D eigenvalue weighted by Crippen LogP contribution is -2.04.